The molecule has 0 aromatic heterocycles. The van der Waals surface area contributed by atoms with E-state index in [4.69, 9.17) is 0 Å². The van der Waals surface area contributed by atoms with Crippen molar-refractivity contribution in [2.24, 2.45) is 17.8 Å². The number of likely N-dealkylation sites (N-methyl/N-ethyl adjacent to an activating group) is 1. The number of hydrogen-bond acceptors (Lipinski definition) is 3. The molecule has 1 N–H and O–H groups in total. The van der Waals surface area contributed by atoms with E-state index in [0.717, 1.165) is 17.8 Å². The van der Waals surface area contributed by atoms with Gasteiger partial charge in [-0.05, 0) is 63.3 Å². The Kier molecular flexibility index (Phi) is 5.29. The summed E-state index contributed by atoms with van der Waals surface area (Å²) in [4.78, 5) is 2.44. The molecule has 4 aliphatic carbocycles. The van der Waals surface area contributed by atoms with Crippen LogP contribution in [0.4, 0.5) is 0 Å². The summed E-state index contributed by atoms with van der Waals surface area (Å²) in [5.74, 6) is 3.16. The quantitative estimate of drug-likeness (QED) is 0.843. The predicted octanol–water partition coefficient (Wildman–Crippen LogP) is 2.55. The highest BCUT2D eigenvalue weighted by atomic mass is 35.5. The normalized spacial score (nSPS) is 44.0. The largest absolute Gasteiger partial charge is 0.304 e. The molecule has 4 saturated carbocycles. The summed E-state index contributed by atoms with van der Waals surface area (Å²) in [6.45, 7) is 4.86. The molecular weight excluding hydrogens is 293 g/mol. The van der Waals surface area contributed by atoms with Gasteiger partial charge in [0.05, 0.1) is 0 Å². The third-order valence-electron chi connectivity index (χ3n) is 5.94. The first-order valence-electron chi connectivity index (χ1n) is 7.92. The standard InChI is InChI=1S/C15H27N3.2ClH/c1-17-2-4-18(5-3-17)16-15-9-12-6-13(10-15)8-14(7-12)11-15;;/h12-14,16H,2-11H2,1H3;2*1H. The van der Waals surface area contributed by atoms with Crippen LogP contribution in [0, 0.1) is 17.8 Å². The van der Waals surface area contributed by atoms with Gasteiger partial charge in [0.15, 0.2) is 0 Å². The van der Waals surface area contributed by atoms with E-state index in [1.54, 1.807) is 19.3 Å². The summed E-state index contributed by atoms with van der Waals surface area (Å²) in [7, 11) is 2.24. The average Bonchev–Trinajstić information content (AvgIpc) is 2.30. The smallest absolute Gasteiger partial charge is 0.0334 e. The van der Waals surface area contributed by atoms with E-state index in [-0.39, 0.29) is 24.8 Å². The molecule has 0 aromatic rings. The molecule has 5 aliphatic rings. The third kappa shape index (κ3) is 3.12. The number of hydrazine groups is 1. The highest BCUT2D eigenvalue weighted by Crippen LogP contribution is 2.55. The lowest BCUT2D eigenvalue weighted by Gasteiger charge is -2.58. The van der Waals surface area contributed by atoms with Gasteiger partial charge in [-0.2, -0.15) is 0 Å². The van der Waals surface area contributed by atoms with Gasteiger partial charge in [0.25, 0.3) is 0 Å². The highest BCUT2D eigenvalue weighted by Gasteiger charge is 2.51. The molecule has 118 valence electrons. The van der Waals surface area contributed by atoms with Crippen LogP contribution in [-0.4, -0.2) is 48.7 Å². The van der Waals surface area contributed by atoms with E-state index < -0.39 is 0 Å². The van der Waals surface area contributed by atoms with Gasteiger partial charge in [-0.15, -0.1) is 24.8 Å². The van der Waals surface area contributed by atoms with Crippen LogP contribution >= 0.6 is 24.8 Å². The summed E-state index contributed by atoms with van der Waals surface area (Å²) < 4.78 is 0. The van der Waals surface area contributed by atoms with E-state index in [9.17, 15) is 0 Å². The molecule has 1 aliphatic heterocycles. The first-order chi connectivity index (χ1) is 8.71. The van der Waals surface area contributed by atoms with Crippen LogP contribution in [0.3, 0.4) is 0 Å². The molecule has 0 amide bonds. The summed E-state index contributed by atoms with van der Waals surface area (Å²) in [6, 6.07) is 0. The summed E-state index contributed by atoms with van der Waals surface area (Å²) in [5, 5.41) is 2.53. The topological polar surface area (TPSA) is 18.5 Å². The van der Waals surface area contributed by atoms with Crippen molar-refractivity contribution in [1.29, 1.82) is 0 Å². The van der Waals surface area contributed by atoms with Gasteiger partial charge in [-0.1, -0.05) is 0 Å². The zero-order valence-electron chi connectivity index (χ0n) is 12.5. The Bertz CT molecular complexity index is 294. The van der Waals surface area contributed by atoms with Crippen molar-refractivity contribution in [3.63, 3.8) is 0 Å². The van der Waals surface area contributed by atoms with E-state index in [1.165, 1.54) is 45.4 Å². The molecule has 20 heavy (non-hydrogen) atoms. The molecule has 4 bridgehead atoms. The third-order valence-corrected chi connectivity index (χ3v) is 5.94. The number of nitrogens with one attached hydrogen (secondary N) is 1. The lowest BCUT2D eigenvalue weighted by Crippen LogP contribution is -2.65. The van der Waals surface area contributed by atoms with Crippen molar-refractivity contribution >= 4 is 24.8 Å². The highest BCUT2D eigenvalue weighted by molar-refractivity contribution is 5.85. The second kappa shape index (κ2) is 6.29. The Hall–Kier alpha value is 0.460. The van der Waals surface area contributed by atoms with Crippen LogP contribution in [0.2, 0.25) is 0 Å². The number of piperazine rings is 1. The first-order valence-corrected chi connectivity index (χ1v) is 7.92. The SMILES string of the molecule is CN1CCN(NC23CC4CC(CC(C4)C2)C3)CC1.Cl.Cl. The molecule has 5 rings (SSSR count). The Labute approximate surface area is 135 Å². The van der Waals surface area contributed by atoms with E-state index in [0.29, 0.717) is 5.54 Å². The fourth-order valence-electron chi connectivity index (χ4n) is 5.50. The molecule has 0 spiro atoms. The van der Waals surface area contributed by atoms with Crippen molar-refractivity contribution in [2.75, 3.05) is 33.2 Å². The number of nitrogens with zero attached hydrogens (tertiary/aromatic N) is 2. The maximum Gasteiger partial charge on any atom is 0.0334 e. The van der Waals surface area contributed by atoms with Crippen LogP contribution in [0.15, 0.2) is 0 Å². The van der Waals surface area contributed by atoms with E-state index in [2.05, 4.69) is 22.4 Å². The van der Waals surface area contributed by atoms with Gasteiger partial charge < -0.3 is 4.90 Å². The molecule has 3 nitrogen and oxygen atoms in total. The molecule has 1 saturated heterocycles. The summed E-state index contributed by atoms with van der Waals surface area (Å²) in [6.07, 6.45) is 9.03. The number of halogens is 2. The second-order valence-electron chi connectivity index (χ2n) is 7.60. The Morgan fingerprint density at radius 1 is 0.800 bits per heavy atom. The van der Waals surface area contributed by atoms with Crippen molar-refractivity contribution < 1.29 is 0 Å². The zero-order valence-corrected chi connectivity index (χ0v) is 14.1. The van der Waals surface area contributed by atoms with Gasteiger partial charge in [0, 0.05) is 31.7 Å². The Morgan fingerprint density at radius 3 is 1.70 bits per heavy atom. The van der Waals surface area contributed by atoms with Crippen molar-refractivity contribution in [3.05, 3.63) is 0 Å². The maximum absolute atomic E-state index is 3.99. The van der Waals surface area contributed by atoms with Crippen LogP contribution in [0.5, 0.6) is 0 Å². The Morgan fingerprint density at radius 2 is 1.25 bits per heavy atom. The number of hydrogen-bond donors (Lipinski definition) is 1. The molecule has 5 heteroatoms. The monoisotopic (exact) mass is 321 g/mol. The fraction of sp³-hybridized carbons (Fsp3) is 1.00. The number of rotatable bonds is 2. The van der Waals surface area contributed by atoms with Crippen molar-refractivity contribution in [3.8, 4) is 0 Å². The minimum absolute atomic E-state index is 0. The van der Waals surface area contributed by atoms with Gasteiger partial charge in [-0.3, -0.25) is 0 Å². The molecule has 0 atom stereocenters. The zero-order chi connectivity index (χ0) is 12.2. The van der Waals surface area contributed by atoms with Crippen LogP contribution in [0.25, 0.3) is 0 Å². The molecule has 5 fully saturated rings. The van der Waals surface area contributed by atoms with Gasteiger partial charge in [-0.25, -0.2) is 10.4 Å². The summed E-state index contributed by atoms with van der Waals surface area (Å²) in [5.41, 5.74) is 4.50. The second-order valence-corrected chi connectivity index (χ2v) is 7.60. The van der Waals surface area contributed by atoms with Crippen molar-refractivity contribution in [2.45, 2.75) is 44.1 Å². The van der Waals surface area contributed by atoms with Gasteiger partial charge >= 0.3 is 0 Å². The van der Waals surface area contributed by atoms with Gasteiger partial charge in [0.1, 0.15) is 0 Å². The molecule has 0 aromatic carbocycles. The molecule has 1 heterocycles. The minimum atomic E-state index is 0. The maximum atomic E-state index is 3.99. The molecule has 0 radical (unpaired) electrons. The molecule has 0 unspecified atom stereocenters. The Balaban J connectivity index is 0.000000735. The summed E-state index contributed by atoms with van der Waals surface area (Å²) >= 11 is 0. The first kappa shape index (κ1) is 16.8. The fourth-order valence-corrected chi connectivity index (χ4v) is 5.50. The minimum Gasteiger partial charge on any atom is -0.304 e. The van der Waals surface area contributed by atoms with E-state index in [1.807, 2.05) is 0 Å². The van der Waals surface area contributed by atoms with Gasteiger partial charge in [0.2, 0.25) is 0 Å². The lowest BCUT2D eigenvalue weighted by molar-refractivity contribution is -0.0663. The van der Waals surface area contributed by atoms with Crippen LogP contribution in [0.1, 0.15) is 38.5 Å². The van der Waals surface area contributed by atoms with Crippen molar-refractivity contribution in [1.82, 2.24) is 15.3 Å². The van der Waals surface area contributed by atoms with Crippen LogP contribution in [-0.2, 0) is 0 Å². The average molecular weight is 322 g/mol. The van der Waals surface area contributed by atoms with E-state index >= 15 is 0 Å². The lowest BCUT2D eigenvalue weighted by atomic mass is 9.53. The molecular formula is C15H29Cl2N3. The van der Waals surface area contributed by atoms with Crippen LogP contribution < -0.4 is 5.43 Å². The predicted molar refractivity (Wildman–Crippen MR) is 87.6 cm³/mol.